The maximum atomic E-state index is 12.6. The Labute approximate surface area is 121 Å². The number of aryl methyl sites for hydroxylation is 1. The number of pyridine rings is 1. The van der Waals surface area contributed by atoms with Gasteiger partial charge in [-0.3, -0.25) is 19.5 Å². The van der Waals surface area contributed by atoms with E-state index in [1.165, 1.54) is 6.20 Å². The maximum Gasteiger partial charge on any atom is 0.323 e. The molecular weight excluding hydrogens is 270 g/mol. The number of benzene rings is 1. The molecule has 1 heterocycles. The van der Waals surface area contributed by atoms with Crippen molar-refractivity contribution in [1.29, 1.82) is 0 Å². The van der Waals surface area contributed by atoms with Gasteiger partial charge < -0.3 is 10.8 Å². The highest BCUT2D eigenvalue weighted by molar-refractivity contribution is 6.09. The van der Waals surface area contributed by atoms with Crippen LogP contribution in [-0.2, 0) is 4.79 Å². The minimum Gasteiger partial charge on any atom is -0.480 e. The predicted octanol–water partition coefficient (Wildman–Crippen LogP) is 1.70. The minimum atomic E-state index is -1.11. The highest BCUT2D eigenvalue weighted by Crippen LogP contribution is 2.24. The van der Waals surface area contributed by atoms with Crippen molar-refractivity contribution in [1.82, 2.24) is 4.98 Å². The number of carbonyl (C=O) groups is 2. The fourth-order valence-electron chi connectivity index (χ4n) is 1.97. The maximum absolute atomic E-state index is 12.6. The largest absolute Gasteiger partial charge is 0.480 e. The molecule has 0 bridgehead atoms. The van der Waals surface area contributed by atoms with Crippen LogP contribution in [0.2, 0.25) is 0 Å². The Balaban J connectivity index is 2.43. The first kappa shape index (κ1) is 14.5. The lowest BCUT2D eigenvalue weighted by molar-refractivity contribution is -0.135. The molecule has 0 aliphatic carbocycles. The highest BCUT2D eigenvalue weighted by atomic mass is 16.4. The molecular formula is C15H15N3O3. The number of nitrogens with two attached hydrogens (primary N) is 1. The van der Waals surface area contributed by atoms with Gasteiger partial charge in [0.2, 0.25) is 0 Å². The number of hydrogen-bond donors (Lipinski definition) is 2. The van der Waals surface area contributed by atoms with E-state index in [2.05, 4.69) is 4.98 Å². The molecule has 1 aromatic heterocycles. The molecule has 108 valence electrons. The fourth-order valence-corrected chi connectivity index (χ4v) is 1.97. The molecule has 3 N–H and O–H groups in total. The van der Waals surface area contributed by atoms with E-state index in [0.717, 1.165) is 4.90 Å². The lowest BCUT2D eigenvalue weighted by Crippen LogP contribution is -2.36. The van der Waals surface area contributed by atoms with Crippen LogP contribution in [0.3, 0.4) is 0 Å². The van der Waals surface area contributed by atoms with Crippen molar-refractivity contribution >= 4 is 23.3 Å². The third-order valence-electron chi connectivity index (χ3n) is 2.91. The fraction of sp³-hybridized carbons (Fsp3) is 0.133. The monoisotopic (exact) mass is 285 g/mol. The molecule has 0 fully saturated rings. The van der Waals surface area contributed by atoms with E-state index in [-0.39, 0.29) is 0 Å². The smallest absolute Gasteiger partial charge is 0.323 e. The summed E-state index contributed by atoms with van der Waals surface area (Å²) in [7, 11) is 0. The quantitative estimate of drug-likeness (QED) is 0.833. The Morgan fingerprint density at radius 1 is 1.29 bits per heavy atom. The summed E-state index contributed by atoms with van der Waals surface area (Å²) in [6.45, 7) is 1.30. The SMILES string of the molecule is Cc1cc(C(=O)N(CC(=O)O)c2ccccc2N)ccn1. The molecule has 0 unspecified atom stereocenters. The summed E-state index contributed by atoms with van der Waals surface area (Å²) in [5.41, 5.74) is 7.61. The van der Waals surface area contributed by atoms with Gasteiger partial charge in [-0.2, -0.15) is 0 Å². The molecule has 1 aromatic carbocycles. The summed E-state index contributed by atoms with van der Waals surface area (Å²) in [5, 5.41) is 9.04. The molecule has 0 radical (unpaired) electrons. The van der Waals surface area contributed by atoms with Crippen molar-refractivity contribution in [2.75, 3.05) is 17.2 Å². The number of aromatic nitrogens is 1. The van der Waals surface area contributed by atoms with Crippen LogP contribution in [0, 0.1) is 6.92 Å². The molecule has 0 aliphatic heterocycles. The Morgan fingerprint density at radius 2 is 2.00 bits per heavy atom. The van der Waals surface area contributed by atoms with Gasteiger partial charge in [-0.25, -0.2) is 0 Å². The lowest BCUT2D eigenvalue weighted by atomic mass is 10.1. The Morgan fingerprint density at radius 3 is 2.62 bits per heavy atom. The van der Waals surface area contributed by atoms with Crippen LogP contribution < -0.4 is 10.6 Å². The first-order chi connectivity index (χ1) is 9.99. The Bertz CT molecular complexity index is 685. The number of anilines is 2. The minimum absolute atomic E-state index is 0.345. The second-order valence-corrected chi connectivity index (χ2v) is 4.53. The van der Waals surface area contributed by atoms with Crippen LogP contribution in [0.25, 0.3) is 0 Å². The van der Waals surface area contributed by atoms with Gasteiger partial charge in [0.1, 0.15) is 6.54 Å². The van der Waals surface area contributed by atoms with E-state index >= 15 is 0 Å². The Kier molecular flexibility index (Phi) is 4.18. The first-order valence-electron chi connectivity index (χ1n) is 6.30. The molecule has 0 spiro atoms. The molecule has 6 nitrogen and oxygen atoms in total. The highest BCUT2D eigenvalue weighted by Gasteiger charge is 2.22. The van der Waals surface area contributed by atoms with Gasteiger partial charge >= 0.3 is 5.97 Å². The van der Waals surface area contributed by atoms with Crippen LogP contribution in [0.15, 0.2) is 42.6 Å². The van der Waals surface area contributed by atoms with Gasteiger partial charge in [0.15, 0.2) is 0 Å². The number of amides is 1. The number of carboxylic acids is 1. The van der Waals surface area contributed by atoms with Crippen LogP contribution in [0.1, 0.15) is 16.1 Å². The van der Waals surface area contributed by atoms with Crippen molar-refractivity contribution in [3.05, 3.63) is 53.9 Å². The van der Waals surface area contributed by atoms with Gasteiger partial charge in [0, 0.05) is 17.5 Å². The summed E-state index contributed by atoms with van der Waals surface area (Å²) in [5.74, 6) is -1.54. The average molecular weight is 285 g/mol. The van der Waals surface area contributed by atoms with Gasteiger partial charge in [0.05, 0.1) is 11.4 Å². The van der Waals surface area contributed by atoms with Gasteiger partial charge in [-0.15, -0.1) is 0 Å². The summed E-state index contributed by atoms with van der Waals surface area (Å²) >= 11 is 0. The molecule has 2 aromatic rings. The molecule has 2 rings (SSSR count). The number of aliphatic carboxylic acids is 1. The number of nitrogens with zero attached hydrogens (tertiary/aromatic N) is 2. The average Bonchev–Trinajstić information content (AvgIpc) is 2.45. The molecule has 21 heavy (non-hydrogen) atoms. The summed E-state index contributed by atoms with van der Waals surface area (Å²) in [6.07, 6.45) is 1.51. The zero-order valence-electron chi connectivity index (χ0n) is 11.5. The lowest BCUT2D eigenvalue weighted by Gasteiger charge is -2.22. The Hall–Kier alpha value is -2.89. The third-order valence-corrected chi connectivity index (χ3v) is 2.91. The van der Waals surface area contributed by atoms with E-state index in [4.69, 9.17) is 10.8 Å². The van der Waals surface area contributed by atoms with Gasteiger partial charge in [0.25, 0.3) is 5.91 Å². The molecule has 1 amide bonds. The summed E-state index contributed by atoms with van der Waals surface area (Å²) in [6, 6.07) is 9.81. The van der Waals surface area contributed by atoms with Crippen LogP contribution in [0.4, 0.5) is 11.4 Å². The van der Waals surface area contributed by atoms with Crippen LogP contribution in [-0.4, -0.2) is 28.5 Å². The normalized spacial score (nSPS) is 10.1. The number of carboxylic acid groups (broad SMARTS) is 1. The number of para-hydroxylation sites is 2. The second-order valence-electron chi connectivity index (χ2n) is 4.53. The molecule has 0 saturated carbocycles. The second kappa shape index (κ2) is 6.04. The number of rotatable bonds is 4. The van der Waals surface area contributed by atoms with Crippen LogP contribution >= 0.6 is 0 Å². The van der Waals surface area contributed by atoms with Crippen LogP contribution in [0.5, 0.6) is 0 Å². The topological polar surface area (TPSA) is 96.5 Å². The van der Waals surface area contributed by atoms with Crippen molar-refractivity contribution in [2.24, 2.45) is 0 Å². The van der Waals surface area contributed by atoms with Crippen molar-refractivity contribution in [3.8, 4) is 0 Å². The summed E-state index contributed by atoms with van der Waals surface area (Å²) < 4.78 is 0. The molecule has 0 atom stereocenters. The van der Waals surface area contributed by atoms with Crippen molar-refractivity contribution in [3.63, 3.8) is 0 Å². The molecule has 0 saturated heterocycles. The number of carbonyl (C=O) groups excluding carboxylic acids is 1. The predicted molar refractivity (Wildman–Crippen MR) is 79.1 cm³/mol. The van der Waals surface area contributed by atoms with Gasteiger partial charge in [-0.05, 0) is 31.2 Å². The summed E-state index contributed by atoms with van der Waals surface area (Å²) in [4.78, 5) is 28.8. The number of hydrogen-bond acceptors (Lipinski definition) is 4. The zero-order chi connectivity index (χ0) is 15.4. The van der Waals surface area contributed by atoms with E-state index in [0.29, 0.717) is 22.6 Å². The molecule has 6 heteroatoms. The van der Waals surface area contributed by atoms with E-state index in [1.807, 2.05) is 0 Å². The van der Waals surface area contributed by atoms with E-state index in [9.17, 15) is 9.59 Å². The standard InChI is InChI=1S/C15H15N3O3/c1-10-8-11(6-7-17-10)15(21)18(9-14(19)20)13-5-3-2-4-12(13)16/h2-8H,9,16H2,1H3,(H,19,20). The zero-order valence-corrected chi connectivity index (χ0v) is 11.5. The number of nitrogen functional groups attached to an aromatic ring is 1. The van der Waals surface area contributed by atoms with E-state index in [1.54, 1.807) is 43.3 Å². The van der Waals surface area contributed by atoms with E-state index < -0.39 is 18.4 Å². The third kappa shape index (κ3) is 3.36. The van der Waals surface area contributed by atoms with Gasteiger partial charge in [-0.1, -0.05) is 12.1 Å². The van der Waals surface area contributed by atoms with Crippen molar-refractivity contribution in [2.45, 2.75) is 6.92 Å². The molecule has 0 aliphatic rings. The van der Waals surface area contributed by atoms with Crippen molar-refractivity contribution < 1.29 is 14.7 Å². The first-order valence-corrected chi connectivity index (χ1v) is 6.30.